The van der Waals surface area contributed by atoms with E-state index in [0.717, 1.165) is 31.1 Å². The summed E-state index contributed by atoms with van der Waals surface area (Å²) >= 11 is 3.82. The van der Waals surface area contributed by atoms with E-state index in [-0.39, 0.29) is 0 Å². The molecule has 16 heavy (non-hydrogen) atoms. The zero-order valence-corrected chi connectivity index (χ0v) is 11.2. The van der Waals surface area contributed by atoms with E-state index < -0.39 is 0 Å². The molecule has 0 saturated carbocycles. The molecule has 4 heteroatoms. The summed E-state index contributed by atoms with van der Waals surface area (Å²) in [6.45, 7) is 5.63. The lowest BCUT2D eigenvalue weighted by Gasteiger charge is -2.10. The first kappa shape index (κ1) is 12.0. The molecular formula is C12H16N2S2. The minimum Gasteiger partial charge on any atom is -0.294 e. The number of nitrogens with zero attached hydrogens (tertiary/aromatic N) is 2. The van der Waals surface area contributed by atoms with Crippen LogP contribution in [0, 0.1) is 11.3 Å². The van der Waals surface area contributed by atoms with Crippen LogP contribution in [-0.2, 0) is 18.8 Å². The Bertz CT molecular complexity index is 369. The van der Waals surface area contributed by atoms with Gasteiger partial charge in [-0.1, -0.05) is 6.92 Å². The van der Waals surface area contributed by atoms with Gasteiger partial charge >= 0.3 is 0 Å². The van der Waals surface area contributed by atoms with Gasteiger partial charge in [0, 0.05) is 40.8 Å². The van der Waals surface area contributed by atoms with Crippen molar-refractivity contribution in [2.75, 3.05) is 12.3 Å². The van der Waals surface area contributed by atoms with Gasteiger partial charge in [-0.15, -0.1) is 11.3 Å². The Labute approximate surface area is 105 Å². The zero-order chi connectivity index (χ0) is 11.4. The lowest BCUT2D eigenvalue weighted by molar-refractivity contribution is 0.302. The summed E-state index contributed by atoms with van der Waals surface area (Å²) in [6.07, 6.45) is 0.666. The minimum atomic E-state index is 0.666. The summed E-state index contributed by atoms with van der Waals surface area (Å²) in [6, 6.07) is 4.54. The third-order valence-electron chi connectivity index (χ3n) is 2.76. The number of hydrogen-bond donors (Lipinski definition) is 0. The van der Waals surface area contributed by atoms with Gasteiger partial charge in [-0.25, -0.2) is 0 Å². The van der Waals surface area contributed by atoms with Crippen LogP contribution in [0.2, 0.25) is 0 Å². The summed E-state index contributed by atoms with van der Waals surface area (Å²) in [7, 11) is 0. The van der Waals surface area contributed by atoms with Gasteiger partial charge in [0.1, 0.15) is 0 Å². The predicted molar refractivity (Wildman–Crippen MR) is 70.5 cm³/mol. The van der Waals surface area contributed by atoms with E-state index in [1.54, 1.807) is 4.88 Å². The maximum Gasteiger partial charge on any atom is 0.0630 e. The van der Waals surface area contributed by atoms with Crippen LogP contribution in [-0.4, -0.2) is 17.2 Å². The van der Waals surface area contributed by atoms with Gasteiger partial charge in [0.25, 0.3) is 0 Å². The van der Waals surface area contributed by atoms with Crippen molar-refractivity contribution >= 4 is 23.1 Å². The maximum atomic E-state index is 8.45. The second-order valence-corrected chi connectivity index (χ2v) is 6.25. The molecule has 0 spiro atoms. The molecule has 0 N–H and O–H groups in total. The lowest BCUT2D eigenvalue weighted by Crippen LogP contribution is -2.14. The number of thiophene rings is 1. The smallest absolute Gasteiger partial charge is 0.0630 e. The molecule has 86 valence electrons. The van der Waals surface area contributed by atoms with Crippen LogP contribution in [0.3, 0.4) is 0 Å². The van der Waals surface area contributed by atoms with Crippen LogP contribution in [0.4, 0.5) is 0 Å². The fourth-order valence-electron chi connectivity index (χ4n) is 1.88. The average Bonchev–Trinajstić information content (AvgIpc) is 2.81. The Balaban J connectivity index is 1.84. The topological polar surface area (TPSA) is 27.0 Å². The van der Waals surface area contributed by atoms with E-state index in [0.29, 0.717) is 6.42 Å². The summed E-state index contributed by atoms with van der Waals surface area (Å²) < 4.78 is 0. The molecule has 0 aliphatic carbocycles. The van der Waals surface area contributed by atoms with Crippen molar-refractivity contribution in [3.63, 3.8) is 0 Å². The Morgan fingerprint density at radius 3 is 3.12 bits per heavy atom. The van der Waals surface area contributed by atoms with Crippen LogP contribution in [0.5, 0.6) is 0 Å². The highest BCUT2D eigenvalue weighted by atomic mass is 32.2. The molecular weight excluding hydrogens is 236 g/mol. The van der Waals surface area contributed by atoms with Gasteiger partial charge in [0.2, 0.25) is 0 Å². The molecule has 2 rings (SSSR count). The number of rotatable bonds is 5. The molecule has 1 aliphatic heterocycles. The SMILES string of the molecule is CCN1Cc2cc(CSCCC#N)sc2C1. The average molecular weight is 252 g/mol. The van der Waals surface area contributed by atoms with E-state index in [1.807, 2.05) is 23.1 Å². The molecule has 2 nitrogen and oxygen atoms in total. The second kappa shape index (κ2) is 5.72. The van der Waals surface area contributed by atoms with E-state index in [2.05, 4.69) is 24.0 Å². The molecule has 0 fully saturated rings. The lowest BCUT2D eigenvalue weighted by atomic mass is 10.3. The Hall–Kier alpha value is -0.500. The third kappa shape index (κ3) is 2.79. The molecule has 0 saturated heterocycles. The normalized spacial score (nSPS) is 15.0. The summed E-state index contributed by atoms with van der Waals surface area (Å²) in [4.78, 5) is 5.50. The first-order valence-corrected chi connectivity index (χ1v) is 7.58. The summed E-state index contributed by atoms with van der Waals surface area (Å²) in [5, 5.41) is 8.45. The van der Waals surface area contributed by atoms with Crippen LogP contribution >= 0.6 is 23.1 Å². The fraction of sp³-hybridized carbons (Fsp3) is 0.583. The number of hydrogen-bond acceptors (Lipinski definition) is 4. The van der Waals surface area contributed by atoms with Crippen molar-refractivity contribution in [2.24, 2.45) is 0 Å². The molecule has 0 radical (unpaired) electrons. The van der Waals surface area contributed by atoms with E-state index >= 15 is 0 Å². The van der Waals surface area contributed by atoms with Crippen LogP contribution in [0.15, 0.2) is 6.07 Å². The first-order chi connectivity index (χ1) is 7.83. The summed E-state index contributed by atoms with van der Waals surface area (Å²) in [5.74, 6) is 2.03. The van der Waals surface area contributed by atoms with Gasteiger partial charge in [-0.2, -0.15) is 17.0 Å². The van der Waals surface area contributed by atoms with Crippen molar-refractivity contribution in [3.8, 4) is 6.07 Å². The van der Waals surface area contributed by atoms with Gasteiger partial charge in [0.15, 0.2) is 0 Å². The Morgan fingerprint density at radius 1 is 1.56 bits per heavy atom. The van der Waals surface area contributed by atoms with Crippen molar-refractivity contribution < 1.29 is 0 Å². The fourth-order valence-corrected chi connectivity index (χ4v) is 4.05. The molecule has 0 aromatic carbocycles. The van der Waals surface area contributed by atoms with Crippen molar-refractivity contribution in [1.29, 1.82) is 5.26 Å². The highest BCUT2D eigenvalue weighted by Gasteiger charge is 2.20. The standard InChI is InChI=1S/C12H16N2S2/c1-2-14-7-10-6-11(16-12(10)8-14)9-15-5-3-4-13/h6H,2-3,5,7-9H2,1H3. The number of nitriles is 1. The number of thioether (sulfide) groups is 1. The third-order valence-corrected chi connectivity index (χ3v) is 5.11. The molecule has 0 amide bonds. The van der Waals surface area contributed by atoms with Crippen molar-refractivity contribution in [2.45, 2.75) is 32.2 Å². The maximum absolute atomic E-state index is 8.45. The molecule has 1 aliphatic rings. The van der Waals surface area contributed by atoms with E-state index in [9.17, 15) is 0 Å². The van der Waals surface area contributed by atoms with Gasteiger partial charge < -0.3 is 0 Å². The monoisotopic (exact) mass is 252 g/mol. The zero-order valence-electron chi connectivity index (χ0n) is 9.53. The largest absolute Gasteiger partial charge is 0.294 e. The number of fused-ring (bicyclic) bond motifs is 1. The first-order valence-electron chi connectivity index (χ1n) is 5.61. The molecule has 1 aromatic heterocycles. The highest BCUT2D eigenvalue weighted by Crippen LogP contribution is 2.32. The second-order valence-electron chi connectivity index (χ2n) is 3.93. The van der Waals surface area contributed by atoms with Crippen molar-refractivity contribution in [1.82, 2.24) is 4.90 Å². The Morgan fingerprint density at radius 2 is 2.44 bits per heavy atom. The van der Waals surface area contributed by atoms with E-state index in [1.165, 1.54) is 10.4 Å². The van der Waals surface area contributed by atoms with Gasteiger partial charge in [-0.3, -0.25) is 4.90 Å². The quantitative estimate of drug-likeness (QED) is 0.753. The molecule has 0 bridgehead atoms. The highest BCUT2D eigenvalue weighted by molar-refractivity contribution is 7.98. The van der Waals surface area contributed by atoms with Gasteiger partial charge in [0.05, 0.1) is 6.07 Å². The molecule has 2 heterocycles. The van der Waals surface area contributed by atoms with E-state index in [4.69, 9.17) is 5.26 Å². The van der Waals surface area contributed by atoms with Gasteiger partial charge in [-0.05, 0) is 18.2 Å². The van der Waals surface area contributed by atoms with Crippen LogP contribution < -0.4 is 0 Å². The predicted octanol–water partition coefficient (Wildman–Crippen LogP) is 3.23. The molecule has 0 unspecified atom stereocenters. The van der Waals surface area contributed by atoms with Crippen LogP contribution in [0.25, 0.3) is 0 Å². The van der Waals surface area contributed by atoms with Crippen molar-refractivity contribution in [3.05, 3.63) is 21.4 Å². The van der Waals surface area contributed by atoms with Crippen LogP contribution in [0.1, 0.15) is 28.7 Å². The molecule has 1 aromatic rings. The Kier molecular flexibility index (Phi) is 4.28. The molecule has 0 atom stereocenters. The summed E-state index contributed by atoms with van der Waals surface area (Å²) in [5.41, 5.74) is 1.53. The minimum absolute atomic E-state index is 0.666.